The lowest BCUT2D eigenvalue weighted by molar-refractivity contribution is 0.659. The lowest BCUT2D eigenvalue weighted by atomic mass is 10.1. The van der Waals surface area contributed by atoms with Gasteiger partial charge in [0.05, 0.1) is 0 Å². The Morgan fingerprint density at radius 1 is 0.913 bits per heavy atom. The van der Waals surface area contributed by atoms with Crippen LogP contribution in [0.2, 0.25) is 0 Å². The average Bonchev–Trinajstić information content (AvgIpc) is 2.69. The van der Waals surface area contributed by atoms with Crippen molar-refractivity contribution in [2.45, 2.75) is 45.4 Å². The quantitative estimate of drug-likeness (QED) is 0.458. The Labute approximate surface area is 140 Å². The van der Waals surface area contributed by atoms with Gasteiger partial charge in [-0.2, -0.15) is 0 Å². The monoisotopic (exact) mass is 305 g/mol. The molecule has 3 rings (SSSR count). The van der Waals surface area contributed by atoms with E-state index in [1.807, 2.05) is 0 Å². The first kappa shape index (κ1) is 15.9. The van der Waals surface area contributed by atoms with Gasteiger partial charge in [-0.15, -0.1) is 0 Å². The zero-order valence-corrected chi connectivity index (χ0v) is 14.2. The summed E-state index contributed by atoms with van der Waals surface area (Å²) in [7, 11) is 0. The molecule has 1 heteroatoms. The fourth-order valence-electron chi connectivity index (χ4n) is 3.35. The highest BCUT2D eigenvalue weighted by atomic mass is 15.1. The van der Waals surface area contributed by atoms with Crippen LogP contribution in [0.15, 0.2) is 65.9 Å². The molecule has 2 aliphatic rings. The molecule has 1 aromatic rings. The van der Waals surface area contributed by atoms with Gasteiger partial charge in [0.1, 0.15) is 0 Å². The van der Waals surface area contributed by atoms with Gasteiger partial charge in [0.2, 0.25) is 0 Å². The van der Waals surface area contributed by atoms with Crippen molar-refractivity contribution in [1.29, 1.82) is 0 Å². The number of hydrogen-bond acceptors (Lipinski definition) is 1. The average molecular weight is 305 g/mol. The predicted molar refractivity (Wildman–Crippen MR) is 102 cm³/mol. The maximum atomic E-state index is 2.56. The van der Waals surface area contributed by atoms with Gasteiger partial charge in [0, 0.05) is 24.4 Å². The molecule has 1 heterocycles. The number of allylic oxidation sites excluding steroid dienone is 6. The van der Waals surface area contributed by atoms with Crippen molar-refractivity contribution in [1.82, 2.24) is 0 Å². The minimum Gasteiger partial charge on any atom is -0.344 e. The Morgan fingerprint density at radius 2 is 1.83 bits per heavy atom. The van der Waals surface area contributed by atoms with Crippen molar-refractivity contribution in [3.05, 3.63) is 71.5 Å². The smallest absolute Gasteiger partial charge is 0.0482 e. The zero-order chi connectivity index (χ0) is 15.9. The third kappa shape index (κ3) is 3.85. The molecule has 0 saturated heterocycles. The van der Waals surface area contributed by atoms with Gasteiger partial charge in [0.15, 0.2) is 0 Å². The number of hydrogen-bond donors (Lipinski definition) is 0. The number of fused-ring (bicyclic) bond motifs is 1. The normalized spacial score (nSPS) is 18.0. The second-order valence-electron chi connectivity index (χ2n) is 6.32. The van der Waals surface area contributed by atoms with Gasteiger partial charge < -0.3 is 4.90 Å². The maximum absolute atomic E-state index is 2.56. The second-order valence-corrected chi connectivity index (χ2v) is 6.32. The van der Waals surface area contributed by atoms with Crippen LogP contribution >= 0.6 is 0 Å². The topological polar surface area (TPSA) is 3.24 Å². The molecule has 1 aliphatic carbocycles. The van der Waals surface area contributed by atoms with Gasteiger partial charge in [-0.25, -0.2) is 0 Å². The molecule has 1 aromatic carbocycles. The summed E-state index contributed by atoms with van der Waals surface area (Å²) in [6, 6.07) is 8.79. The van der Waals surface area contributed by atoms with Gasteiger partial charge in [0.25, 0.3) is 0 Å². The first-order valence-corrected chi connectivity index (χ1v) is 8.99. The summed E-state index contributed by atoms with van der Waals surface area (Å²) in [5, 5.41) is 0. The summed E-state index contributed by atoms with van der Waals surface area (Å²) >= 11 is 0. The van der Waals surface area contributed by atoms with E-state index >= 15 is 0 Å². The minimum absolute atomic E-state index is 1.02. The van der Waals surface area contributed by atoms with Crippen LogP contribution in [0.3, 0.4) is 0 Å². The molecule has 23 heavy (non-hydrogen) atoms. The first-order valence-electron chi connectivity index (χ1n) is 8.99. The Morgan fingerprint density at radius 3 is 2.74 bits per heavy atom. The largest absolute Gasteiger partial charge is 0.344 e. The fraction of sp³-hybridized carbons (Fsp3) is 0.364. The number of para-hydroxylation sites is 1. The molecule has 0 unspecified atom stereocenters. The summed E-state index contributed by atoms with van der Waals surface area (Å²) in [5.74, 6) is 0. The standard InChI is InChI=1S/C22H27N/c1-2-3-4-11-18-23-21-14-8-6-5-7-12-19(21)16-17-20-13-9-10-15-22(20)23/h6-10,12-13,15-17H,2-5,11,14,18H2,1H3/b8-6-,12-7?. The number of anilines is 1. The van der Waals surface area contributed by atoms with E-state index in [0.29, 0.717) is 0 Å². The van der Waals surface area contributed by atoms with E-state index < -0.39 is 0 Å². The van der Waals surface area contributed by atoms with Crippen molar-refractivity contribution < 1.29 is 0 Å². The van der Waals surface area contributed by atoms with E-state index in [4.69, 9.17) is 0 Å². The third-order valence-corrected chi connectivity index (χ3v) is 4.61. The number of rotatable bonds is 5. The molecule has 0 bridgehead atoms. The Bertz CT molecular complexity index is 646. The van der Waals surface area contributed by atoms with Crippen LogP contribution in [0.1, 0.15) is 51.0 Å². The van der Waals surface area contributed by atoms with E-state index in [1.54, 1.807) is 0 Å². The van der Waals surface area contributed by atoms with E-state index in [2.05, 4.69) is 72.5 Å². The van der Waals surface area contributed by atoms with Crippen LogP contribution < -0.4 is 4.90 Å². The van der Waals surface area contributed by atoms with Crippen LogP contribution in [0.4, 0.5) is 5.69 Å². The van der Waals surface area contributed by atoms with Crippen molar-refractivity contribution in [2.75, 3.05) is 11.4 Å². The van der Waals surface area contributed by atoms with Crippen LogP contribution in [-0.4, -0.2) is 6.54 Å². The van der Waals surface area contributed by atoms with E-state index in [1.165, 1.54) is 48.2 Å². The van der Waals surface area contributed by atoms with Crippen molar-refractivity contribution in [3.63, 3.8) is 0 Å². The highest BCUT2D eigenvalue weighted by Gasteiger charge is 2.18. The Balaban J connectivity index is 1.95. The summed E-state index contributed by atoms with van der Waals surface area (Å²) in [6.45, 7) is 3.38. The molecule has 0 fully saturated rings. The summed E-state index contributed by atoms with van der Waals surface area (Å²) in [6.07, 6.45) is 21.0. The Hall–Kier alpha value is -2.02. The third-order valence-electron chi connectivity index (χ3n) is 4.61. The summed E-state index contributed by atoms with van der Waals surface area (Å²) in [4.78, 5) is 2.56. The second kappa shape index (κ2) is 8.01. The van der Waals surface area contributed by atoms with E-state index in [9.17, 15) is 0 Å². The molecular formula is C22H27N. The molecule has 0 N–H and O–H groups in total. The Kier molecular flexibility index (Phi) is 5.52. The molecule has 120 valence electrons. The maximum Gasteiger partial charge on any atom is 0.0482 e. The van der Waals surface area contributed by atoms with E-state index in [-0.39, 0.29) is 0 Å². The zero-order valence-electron chi connectivity index (χ0n) is 14.2. The van der Waals surface area contributed by atoms with Crippen molar-refractivity contribution in [2.24, 2.45) is 0 Å². The minimum atomic E-state index is 1.02. The predicted octanol–water partition coefficient (Wildman–Crippen LogP) is 6.26. The van der Waals surface area contributed by atoms with Crippen molar-refractivity contribution >= 4 is 11.8 Å². The van der Waals surface area contributed by atoms with Crippen LogP contribution in [-0.2, 0) is 0 Å². The molecule has 0 aromatic heterocycles. The van der Waals surface area contributed by atoms with Gasteiger partial charge in [-0.3, -0.25) is 0 Å². The molecule has 1 aliphatic heterocycles. The summed E-state index contributed by atoms with van der Waals surface area (Å²) < 4.78 is 0. The van der Waals surface area contributed by atoms with E-state index in [0.717, 1.165) is 19.4 Å². The number of unbranched alkanes of at least 4 members (excludes halogenated alkanes) is 3. The highest BCUT2D eigenvalue weighted by Crippen LogP contribution is 2.33. The van der Waals surface area contributed by atoms with Gasteiger partial charge >= 0.3 is 0 Å². The molecule has 0 amide bonds. The van der Waals surface area contributed by atoms with Crippen LogP contribution in [0.5, 0.6) is 0 Å². The first-order chi connectivity index (χ1) is 11.4. The molecule has 0 atom stereocenters. The van der Waals surface area contributed by atoms with Gasteiger partial charge in [-0.1, -0.05) is 80.8 Å². The molecule has 0 spiro atoms. The SMILES string of the molecule is CCCCCCN1C2=C(C=CC/C=C\C2)C=Cc2ccccc21. The summed E-state index contributed by atoms with van der Waals surface area (Å²) in [5.41, 5.74) is 5.48. The number of nitrogens with zero attached hydrogens (tertiary/aromatic N) is 1. The molecule has 0 saturated carbocycles. The lowest BCUT2D eigenvalue weighted by Crippen LogP contribution is -2.25. The lowest BCUT2D eigenvalue weighted by Gasteiger charge is -2.29. The fourth-order valence-corrected chi connectivity index (χ4v) is 3.35. The van der Waals surface area contributed by atoms with Crippen molar-refractivity contribution in [3.8, 4) is 0 Å². The molecule has 0 radical (unpaired) electrons. The molecule has 1 nitrogen and oxygen atoms in total. The van der Waals surface area contributed by atoms with Crippen LogP contribution in [0, 0.1) is 0 Å². The van der Waals surface area contributed by atoms with Crippen LogP contribution in [0.25, 0.3) is 6.08 Å². The number of benzene rings is 1. The van der Waals surface area contributed by atoms with Gasteiger partial charge in [-0.05, 0) is 30.0 Å². The highest BCUT2D eigenvalue weighted by molar-refractivity contribution is 5.75. The molecular weight excluding hydrogens is 278 g/mol.